The Morgan fingerprint density at radius 3 is 2.15 bits per heavy atom. The Labute approximate surface area is 162 Å². The molecule has 0 unspecified atom stereocenters. The van der Waals surface area contributed by atoms with E-state index in [9.17, 15) is 9.59 Å². The van der Waals surface area contributed by atoms with Gasteiger partial charge in [0.05, 0.1) is 18.1 Å². The summed E-state index contributed by atoms with van der Waals surface area (Å²) >= 11 is 5.87. The van der Waals surface area contributed by atoms with Gasteiger partial charge in [-0.05, 0) is 48.0 Å². The largest absolute Gasteiger partial charge is 0.322 e. The molecule has 0 aliphatic rings. The van der Waals surface area contributed by atoms with Crippen LogP contribution in [0.1, 0.15) is 31.8 Å². The molecule has 1 N–H and O–H groups in total. The van der Waals surface area contributed by atoms with Gasteiger partial charge in [0.2, 0.25) is 0 Å². The predicted octanol–water partition coefficient (Wildman–Crippen LogP) is 4.89. The van der Waals surface area contributed by atoms with E-state index in [-0.39, 0.29) is 11.7 Å². The lowest BCUT2D eigenvalue weighted by molar-refractivity contribution is 0.0996. The van der Waals surface area contributed by atoms with Crippen molar-refractivity contribution in [1.82, 2.24) is 0 Å². The summed E-state index contributed by atoms with van der Waals surface area (Å²) in [5.74, 6) is -0.622. The molecule has 0 aliphatic heterocycles. The van der Waals surface area contributed by atoms with Gasteiger partial charge in [-0.1, -0.05) is 41.9 Å². The van der Waals surface area contributed by atoms with Gasteiger partial charge in [0.1, 0.15) is 0 Å². The van der Waals surface area contributed by atoms with Crippen molar-refractivity contribution in [2.45, 2.75) is 6.42 Å². The number of nitriles is 1. The van der Waals surface area contributed by atoms with Gasteiger partial charge < -0.3 is 5.32 Å². The van der Waals surface area contributed by atoms with Crippen LogP contribution in [0.25, 0.3) is 0 Å². The minimum absolute atomic E-state index is 0.248. The van der Waals surface area contributed by atoms with Crippen LogP contribution >= 0.6 is 11.6 Å². The molecule has 132 valence electrons. The van der Waals surface area contributed by atoms with E-state index in [2.05, 4.69) is 11.4 Å². The van der Waals surface area contributed by atoms with E-state index in [1.807, 2.05) is 0 Å². The van der Waals surface area contributed by atoms with E-state index >= 15 is 0 Å². The zero-order valence-electron chi connectivity index (χ0n) is 14.3. The number of nitrogens with zero attached hydrogens (tertiary/aromatic N) is 1. The van der Waals surface area contributed by atoms with Crippen LogP contribution in [-0.2, 0) is 6.42 Å². The van der Waals surface area contributed by atoms with Crippen molar-refractivity contribution >= 4 is 29.0 Å². The molecule has 1 amide bonds. The summed E-state index contributed by atoms with van der Waals surface area (Å²) in [6.07, 6.45) is 0.312. The summed E-state index contributed by atoms with van der Waals surface area (Å²) in [6.45, 7) is 0. The van der Waals surface area contributed by atoms with Crippen LogP contribution in [0.3, 0.4) is 0 Å². The maximum Gasteiger partial charge on any atom is 0.256 e. The molecular formula is C22H15ClN2O2. The number of benzene rings is 3. The van der Waals surface area contributed by atoms with Crippen molar-refractivity contribution in [2.24, 2.45) is 0 Å². The lowest BCUT2D eigenvalue weighted by Gasteiger charge is -2.10. The van der Waals surface area contributed by atoms with Crippen molar-refractivity contribution in [3.05, 3.63) is 100 Å². The third-order valence-electron chi connectivity index (χ3n) is 4.02. The number of halogens is 1. The average Bonchev–Trinajstić information content (AvgIpc) is 2.70. The number of carbonyl (C=O) groups excluding carboxylic acids is 2. The first-order valence-electron chi connectivity index (χ1n) is 8.25. The number of rotatable bonds is 5. The summed E-state index contributed by atoms with van der Waals surface area (Å²) < 4.78 is 0. The number of ketones is 1. The molecule has 0 atom stereocenters. The number of hydrogen-bond donors (Lipinski definition) is 1. The molecule has 0 radical (unpaired) electrons. The predicted molar refractivity (Wildman–Crippen MR) is 105 cm³/mol. The molecule has 3 rings (SSSR count). The summed E-state index contributed by atoms with van der Waals surface area (Å²) in [7, 11) is 0. The number of nitrogens with one attached hydrogen (secondary N) is 1. The Hall–Kier alpha value is -3.42. The highest BCUT2D eigenvalue weighted by molar-refractivity contribution is 6.30. The van der Waals surface area contributed by atoms with Gasteiger partial charge in [-0.15, -0.1) is 0 Å². The van der Waals surface area contributed by atoms with Gasteiger partial charge in [-0.3, -0.25) is 9.59 Å². The van der Waals surface area contributed by atoms with Gasteiger partial charge in [-0.2, -0.15) is 5.26 Å². The van der Waals surface area contributed by atoms with Crippen LogP contribution in [0.2, 0.25) is 5.02 Å². The number of anilines is 1. The van der Waals surface area contributed by atoms with Gasteiger partial charge in [0.15, 0.2) is 5.78 Å². The first-order chi connectivity index (χ1) is 13.1. The number of hydrogen-bond acceptors (Lipinski definition) is 3. The van der Waals surface area contributed by atoms with Gasteiger partial charge in [0.25, 0.3) is 5.91 Å². The van der Waals surface area contributed by atoms with Crippen molar-refractivity contribution in [2.75, 3.05) is 5.32 Å². The van der Waals surface area contributed by atoms with E-state index in [4.69, 9.17) is 16.9 Å². The van der Waals surface area contributed by atoms with Crippen LogP contribution in [0.5, 0.6) is 0 Å². The van der Waals surface area contributed by atoms with Gasteiger partial charge >= 0.3 is 0 Å². The highest BCUT2D eigenvalue weighted by atomic mass is 35.5. The second kappa shape index (κ2) is 8.31. The van der Waals surface area contributed by atoms with Crippen LogP contribution in [0.4, 0.5) is 5.69 Å². The van der Waals surface area contributed by atoms with Crippen molar-refractivity contribution in [3.63, 3.8) is 0 Å². The lowest BCUT2D eigenvalue weighted by Crippen LogP contribution is -2.17. The fraction of sp³-hybridized carbons (Fsp3) is 0.0455. The second-order valence-corrected chi connectivity index (χ2v) is 6.30. The Balaban J connectivity index is 1.84. The Bertz CT molecular complexity index is 1020. The van der Waals surface area contributed by atoms with Crippen LogP contribution in [-0.4, -0.2) is 11.7 Å². The van der Waals surface area contributed by atoms with Gasteiger partial charge in [-0.25, -0.2) is 0 Å². The highest BCUT2D eigenvalue weighted by Crippen LogP contribution is 2.19. The number of carbonyl (C=O) groups is 2. The Morgan fingerprint density at radius 1 is 0.889 bits per heavy atom. The molecule has 3 aromatic rings. The quantitative estimate of drug-likeness (QED) is 0.646. The zero-order valence-corrected chi connectivity index (χ0v) is 15.0. The van der Waals surface area contributed by atoms with E-state index in [1.54, 1.807) is 72.8 Å². The molecule has 0 bridgehead atoms. The smallest absolute Gasteiger partial charge is 0.256 e. The maximum atomic E-state index is 12.8. The first kappa shape index (κ1) is 18.4. The van der Waals surface area contributed by atoms with E-state index in [0.717, 1.165) is 5.56 Å². The molecule has 0 aliphatic carbocycles. The van der Waals surface area contributed by atoms with E-state index < -0.39 is 0 Å². The second-order valence-electron chi connectivity index (χ2n) is 5.87. The standard InChI is InChI=1S/C22H15ClN2O2/c23-17-9-7-16(8-10-17)21(26)19-3-1-2-4-20(19)22(27)25-18-11-5-15(6-12-18)13-14-24/h1-12H,13H2,(H,25,27). The molecule has 0 fully saturated rings. The van der Waals surface area contributed by atoms with Crippen molar-refractivity contribution in [3.8, 4) is 6.07 Å². The number of amides is 1. The minimum atomic E-state index is -0.374. The molecule has 0 heterocycles. The monoisotopic (exact) mass is 374 g/mol. The van der Waals surface area contributed by atoms with E-state index in [1.165, 1.54) is 0 Å². The van der Waals surface area contributed by atoms with Crippen LogP contribution in [0, 0.1) is 11.3 Å². The van der Waals surface area contributed by atoms with Crippen molar-refractivity contribution < 1.29 is 9.59 Å². The van der Waals surface area contributed by atoms with Crippen LogP contribution < -0.4 is 5.32 Å². The summed E-state index contributed by atoms with van der Waals surface area (Å²) in [5.41, 5.74) is 2.53. The minimum Gasteiger partial charge on any atom is -0.322 e. The molecule has 27 heavy (non-hydrogen) atoms. The third kappa shape index (κ3) is 4.41. The maximum absolute atomic E-state index is 12.8. The molecule has 3 aromatic carbocycles. The molecule has 4 nitrogen and oxygen atoms in total. The summed E-state index contributed by atoms with van der Waals surface area (Å²) in [6, 6.07) is 22.3. The molecule has 0 aromatic heterocycles. The summed E-state index contributed by atoms with van der Waals surface area (Å²) in [4.78, 5) is 25.5. The van der Waals surface area contributed by atoms with Gasteiger partial charge in [0, 0.05) is 21.8 Å². The highest BCUT2D eigenvalue weighted by Gasteiger charge is 2.18. The lowest BCUT2D eigenvalue weighted by atomic mass is 9.98. The van der Waals surface area contributed by atoms with Crippen molar-refractivity contribution in [1.29, 1.82) is 5.26 Å². The van der Waals surface area contributed by atoms with E-state index in [0.29, 0.717) is 33.8 Å². The molecule has 0 spiro atoms. The SMILES string of the molecule is N#CCc1ccc(NC(=O)c2ccccc2C(=O)c2ccc(Cl)cc2)cc1. The topological polar surface area (TPSA) is 70.0 Å². The molecule has 0 saturated heterocycles. The summed E-state index contributed by atoms with van der Waals surface area (Å²) in [5, 5.41) is 12.0. The molecule has 5 heteroatoms. The third-order valence-corrected chi connectivity index (χ3v) is 4.27. The van der Waals surface area contributed by atoms with Crippen LogP contribution in [0.15, 0.2) is 72.8 Å². The normalized spacial score (nSPS) is 10.1. The fourth-order valence-electron chi connectivity index (χ4n) is 2.63. The average molecular weight is 375 g/mol. The molecule has 0 saturated carbocycles. The first-order valence-corrected chi connectivity index (χ1v) is 8.63. The fourth-order valence-corrected chi connectivity index (χ4v) is 2.76. The Morgan fingerprint density at radius 2 is 1.52 bits per heavy atom. The zero-order chi connectivity index (χ0) is 19.2. The Kier molecular flexibility index (Phi) is 5.65. The molecular weight excluding hydrogens is 360 g/mol.